The fourth-order valence-electron chi connectivity index (χ4n) is 11.3. The van der Waals surface area contributed by atoms with Gasteiger partial charge in [0.1, 0.15) is 36.7 Å². The molecular formula is C61H70N10O10S. The summed E-state index contributed by atoms with van der Waals surface area (Å²) in [6, 6.07) is 26.7. The van der Waals surface area contributed by atoms with Crippen molar-refractivity contribution in [3.63, 3.8) is 0 Å². The Morgan fingerprint density at radius 2 is 1.50 bits per heavy atom. The minimum Gasteiger partial charge on any atom is -0.507 e. The van der Waals surface area contributed by atoms with Crippen LogP contribution in [0.1, 0.15) is 73.3 Å². The zero-order valence-corrected chi connectivity index (χ0v) is 47.2. The number of amides is 3. The van der Waals surface area contributed by atoms with Gasteiger partial charge in [-0.05, 0) is 78.6 Å². The van der Waals surface area contributed by atoms with Crippen molar-refractivity contribution in [2.45, 2.75) is 82.9 Å². The lowest BCUT2D eigenvalue weighted by Gasteiger charge is -2.43. The molecule has 2 unspecified atom stereocenters. The number of benzene rings is 3. The number of carbonyl (C=O) groups excluding carboxylic acids is 3. The summed E-state index contributed by atoms with van der Waals surface area (Å²) in [5, 5.41) is 32.7. The molecular weight excluding hydrogens is 1060 g/mol. The first kappa shape index (κ1) is 57.5. The molecule has 6 atom stereocenters. The first-order chi connectivity index (χ1) is 39.9. The molecule has 5 N–H and O–H groups in total. The minimum absolute atomic E-state index is 0.0178. The molecule has 4 aliphatic rings. The molecule has 21 heteroatoms. The van der Waals surface area contributed by atoms with Gasteiger partial charge in [-0.1, -0.05) is 74.4 Å². The molecule has 7 heterocycles. The number of phenolic OH excluding ortho intramolecular Hbond substituents is 1. The van der Waals surface area contributed by atoms with Crippen LogP contribution in [-0.2, 0) is 35.1 Å². The number of nitrogens with zero attached hydrogens (tertiary/aromatic N) is 8. The Labute approximate surface area is 481 Å². The van der Waals surface area contributed by atoms with E-state index in [-0.39, 0.29) is 67.1 Å². The molecule has 6 aromatic rings. The van der Waals surface area contributed by atoms with E-state index in [4.69, 9.17) is 29.4 Å². The summed E-state index contributed by atoms with van der Waals surface area (Å²) in [6.45, 7) is 11.0. The van der Waals surface area contributed by atoms with Gasteiger partial charge in [0.2, 0.25) is 17.7 Å². The highest BCUT2D eigenvalue weighted by Gasteiger charge is 2.46. The number of para-hydroxylation sites is 1. The summed E-state index contributed by atoms with van der Waals surface area (Å²) in [5.74, 6) is 6.12. The molecule has 0 saturated carbocycles. The van der Waals surface area contributed by atoms with Crippen LogP contribution in [0.5, 0.6) is 11.6 Å². The Kier molecular flexibility index (Phi) is 18.9. The van der Waals surface area contributed by atoms with Gasteiger partial charge in [-0.15, -0.1) is 21.5 Å². The average Bonchev–Trinajstić information content (AvgIpc) is 4.42. The lowest BCUT2D eigenvalue weighted by molar-refractivity contribution is -0.143. The van der Waals surface area contributed by atoms with Crippen molar-refractivity contribution in [1.29, 1.82) is 0 Å². The van der Waals surface area contributed by atoms with Crippen LogP contribution >= 0.6 is 11.3 Å². The van der Waals surface area contributed by atoms with Gasteiger partial charge in [0, 0.05) is 73.8 Å². The Balaban J connectivity index is 0.578. The zero-order valence-electron chi connectivity index (χ0n) is 46.4. The van der Waals surface area contributed by atoms with Crippen molar-refractivity contribution in [2.24, 2.45) is 5.92 Å². The number of β-amino-alcohol motifs (C(OH)–C–C–N with tert-alkyl or cyclic N) is 1. The molecule has 10 rings (SSSR count). The topological polar surface area (TPSA) is 240 Å². The smallest absolute Gasteiger partial charge is 0.255 e. The van der Waals surface area contributed by atoms with Crippen molar-refractivity contribution < 1.29 is 48.3 Å². The number of rotatable bonds is 24. The number of likely N-dealkylation sites (tertiary alicyclic amines) is 1. The Bertz CT molecular complexity index is 3230. The standard InChI is InChI=1S/C61H70N10O10S/c1-39(2)56(70-34-43-9-4-5-10-48(43)60(70)75)61(76)69-37-47(72)32-53(69)59(74)65-40(3)41-14-16-42(17-15-41)57-50(64-38-82-57)12-8-22-77-23-24-78-25-26-79-27-28-80-29-30-81-55-31-44(20-21-63-55)71-45-18-19-46(71)36-68(35-45)52-33-51(66-67-58(52)62)49-11-6-7-13-54(49)73/h4-7,9-11,13-17,20-21,31,33,38-40,45-47,53,56,72-73H,18-19,22-30,32,34-37H2,1-3H3,(H2,62,67)(H,65,74)/t40-,45?,46?,47+,53-,56+/m0/s1. The van der Waals surface area contributed by atoms with Crippen LogP contribution in [0, 0.1) is 17.8 Å². The van der Waals surface area contributed by atoms with Crippen LogP contribution in [0.25, 0.3) is 21.7 Å². The fourth-order valence-corrected chi connectivity index (χ4v) is 12.1. The number of hydrogen-bond donors (Lipinski definition) is 4. The molecule has 3 aromatic heterocycles. The lowest BCUT2D eigenvalue weighted by Crippen LogP contribution is -2.55. The first-order valence-corrected chi connectivity index (χ1v) is 28.8. The van der Waals surface area contributed by atoms with Crippen LogP contribution in [0.15, 0.2) is 103 Å². The number of thiazole rings is 1. The highest BCUT2D eigenvalue weighted by molar-refractivity contribution is 7.13. The number of nitrogens with one attached hydrogen (secondary N) is 1. The number of aliphatic hydroxyl groups excluding tert-OH is 1. The third-order valence-electron chi connectivity index (χ3n) is 15.3. The number of hydrogen-bond acceptors (Lipinski definition) is 18. The van der Waals surface area contributed by atoms with Gasteiger partial charge in [-0.2, -0.15) is 0 Å². The highest BCUT2D eigenvalue weighted by Crippen LogP contribution is 2.40. The van der Waals surface area contributed by atoms with Crippen molar-refractivity contribution in [3.8, 4) is 45.2 Å². The summed E-state index contributed by atoms with van der Waals surface area (Å²) < 4.78 is 28.7. The normalized spacial score (nSPS) is 19.1. The summed E-state index contributed by atoms with van der Waals surface area (Å²) in [7, 11) is 0. The van der Waals surface area contributed by atoms with E-state index in [1.165, 1.54) is 16.2 Å². The van der Waals surface area contributed by atoms with Crippen LogP contribution < -0.4 is 25.6 Å². The third kappa shape index (κ3) is 13.4. The predicted octanol–water partition coefficient (Wildman–Crippen LogP) is 6.12. The number of carbonyl (C=O) groups is 3. The Hall–Kier alpha value is -7.71. The SMILES string of the molecule is CC(C)[C@H](C(=O)N1C[C@H](O)C[C@H]1C(=O)N[C@@H](C)c1ccc(-c2scnc2C#CCOCCOCCOCCOCCOc2cc(N3C4CCC3CN(c3cc(-c5ccccc5O)nnc3N)C4)ccn2)cc1)N1Cc2ccccc2C1=O. The molecule has 0 radical (unpaired) electrons. The molecule has 430 valence electrons. The zero-order chi connectivity index (χ0) is 57.1. The van der Waals surface area contributed by atoms with Gasteiger partial charge < -0.3 is 64.5 Å². The number of aromatic nitrogens is 4. The van der Waals surface area contributed by atoms with Crippen LogP contribution in [0.3, 0.4) is 0 Å². The number of piperazine rings is 1. The number of nitrogens with two attached hydrogens (primary N) is 1. The molecule has 0 spiro atoms. The summed E-state index contributed by atoms with van der Waals surface area (Å²) in [4.78, 5) is 59.0. The van der Waals surface area contributed by atoms with Gasteiger partial charge >= 0.3 is 0 Å². The second-order valence-electron chi connectivity index (χ2n) is 21.2. The highest BCUT2D eigenvalue weighted by atomic mass is 32.1. The average molecular weight is 1140 g/mol. The Morgan fingerprint density at radius 1 is 0.817 bits per heavy atom. The van der Waals surface area contributed by atoms with Gasteiger partial charge in [-0.25, -0.2) is 9.97 Å². The fraction of sp³-hybridized carbons (Fsp3) is 0.426. The Morgan fingerprint density at radius 3 is 2.21 bits per heavy atom. The molecule has 3 fully saturated rings. The van der Waals surface area contributed by atoms with Gasteiger partial charge in [0.15, 0.2) is 5.82 Å². The summed E-state index contributed by atoms with van der Waals surface area (Å²) in [6.07, 6.45) is 3.13. The van der Waals surface area contributed by atoms with E-state index in [0.717, 1.165) is 58.9 Å². The van der Waals surface area contributed by atoms with Crippen LogP contribution in [0.2, 0.25) is 0 Å². The molecule has 3 saturated heterocycles. The van der Waals surface area contributed by atoms with E-state index in [2.05, 4.69) is 47.1 Å². The molecule has 2 bridgehead atoms. The minimum atomic E-state index is -0.877. The van der Waals surface area contributed by atoms with Crippen molar-refractivity contribution in [1.82, 2.24) is 35.3 Å². The lowest BCUT2D eigenvalue weighted by atomic mass is 10.00. The van der Waals surface area contributed by atoms with E-state index in [1.54, 1.807) is 34.8 Å². The molecule has 4 aliphatic heterocycles. The number of anilines is 3. The van der Waals surface area contributed by atoms with E-state index >= 15 is 0 Å². The van der Waals surface area contributed by atoms with Crippen molar-refractivity contribution in [3.05, 3.63) is 125 Å². The van der Waals surface area contributed by atoms with E-state index in [0.29, 0.717) is 93.6 Å². The molecule has 3 aromatic carbocycles. The number of ether oxygens (including phenoxy) is 5. The number of pyridine rings is 1. The van der Waals surface area contributed by atoms with Crippen LogP contribution in [0.4, 0.5) is 17.2 Å². The number of aromatic hydroxyl groups is 1. The molecule has 82 heavy (non-hydrogen) atoms. The number of aliphatic hydroxyl groups is 1. The van der Waals surface area contributed by atoms with Crippen molar-refractivity contribution >= 4 is 46.3 Å². The second-order valence-corrected chi connectivity index (χ2v) is 22.0. The monoisotopic (exact) mass is 1130 g/mol. The van der Waals surface area contributed by atoms with E-state index in [9.17, 15) is 24.6 Å². The number of nitrogen functional groups attached to an aromatic ring is 1. The number of phenols is 1. The van der Waals surface area contributed by atoms with Crippen molar-refractivity contribution in [2.75, 3.05) is 94.6 Å². The number of fused-ring (bicyclic) bond motifs is 3. The maximum atomic E-state index is 14.2. The van der Waals surface area contributed by atoms with Crippen LogP contribution in [-0.4, -0.2) is 167 Å². The molecule has 0 aliphatic carbocycles. The van der Waals surface area contributed by atoms with Gasteiger partial charge in [0.05, 0.1) is 80.2 Å². The predicted molar refractivity (Wildman–Crippen MR) is 310 cm³/mol. The van der Waals surface area contributed by atoms with Gasteiger partial charge in [0.25, 0.3) is 5.91 Å². The van der Waals surface area contributed by atoms with Gasteiger partial charge in [-0.3, -0.25) is 14.4 Å². The van der Waals surface area contributed by atoms with E-state index in [1.807, 2.05) is 93.6 Å². The maximum Gasteiger partial charge on any atom is 0.255 e. The first-order valence-electron chi connectivity index (χ1n) is 28.0. The summed E-state index contributed by atoms with van der Waals surface area (Å²) >= 11 is 1.48. The largest absolute Gasteiger partial charge is 0.507 e. The molecule has 20 nitrogen and oxygen atoms in total. The second kappa shape index (κ2) is 26.9. The molecule has 3 amide bonds. The summed E-state index contributed by atoms with van der Waals surface area (Å²) in [5.41, 5.74) is 15.1. The van der Waals surface area contributed by atoms with E-state index < -0.39 is 18.2 Å². The quantitative estimate of drug-likeness (QED) is 0.0394. The third-order valence-corrected chi connectivity index (χ3v) is 16.2. The maximum absolute atomic E-state index is 14.2.